The second-order valence-corrected chi connectivity index (χ2v) is 3.86. The van der Waals surface area contributed by atoms with Crippen molar-refractivity contribution in [2.75, 3.05) is 27.1 Å². The Morgan fingerprint density at radius 1 is 1.32 bits per heavy atom. The molecular weight excluding hydrogens is 260 g/mol. The van der Waals surface area contributed by atoms with Crippen LogP contribution in [-0.2, 0) is 11.3 Å². The van der Waals surface area contributed by atoms with Crippen LogP contribution >= 0.6 is 0 Å². The first-order valence-electron chi connectivity index (χ1n) is 5.77. The van der Waals surface area contributed by atoms with Crippen LogP contribution in [0.4, 0.5) is 8.78 Å². The molecule has 2 rings (SSSR count). The third-order valence-corrected chi connectivity index (χ3v) is 2.57. The van der Waals surface area contributed by atoms with Crippen LogP contribution in [0, 0.1) is 0 Å². The topological polar surface area (TPSA) is 49.0 Å². The Kier molecular flexibility index (Phi) is 4.75. The van der Waals surface area contributed by atoms with Gasteiger partial charge >= 0.3 is 6.61 Å². The third kappa shape index (κ3) is 3.68. The number of nitrogens with one attached hydrogen (secondary N) is 1. The number of methoxy groups -OCH3 is 1. The summed E-state index contributed by atoms with van der Waals surface area (Å²) in [5.41, 5.74) is 0.584. The second kappa shape index (κ2) is 6.53. The van der Waals surface area contributed by atoms with Gasteiger partial charge in [0, 0.05) is 31.8 Å². The molecule has 0 radical (unpaired) electrons. The Morgan fingerprint density at radius 2 is 2.05 bits per heavy atom. The zero-order valence-corrected chi connectivity index (χ0v) is 10.4. The average Bonchev–Trinajstić information content (AvgIpc) is 2.81. The highest BCUT2D eigenvalue weighted by Crippen LogP contribution is 2.38. The van der Waals surface area contributed by atoms with Gasteiger partial charge in [-0.15, -0.1) is 0 Å². The Morgan fingerprint density at radius 3 is 2.74 bits per heavy atom. The molecule has 1 aliphatic rings. The monoisotopic (exact) mass is 275 g/mol. The Balaban J connectivity index is 2.09. The maximum absolute atomic E-state index is 12.4. The van der Waals surface area contributed by atoms with Crippen LogP contribution in [-0.4, -0.2) is 33.7 Å². The standard InChI is InChI=1S/C12H15F2NO4/c1-16-3-2-15-6-8-4-10-11(18-7-17-10)5-9(8)19-12(13)14/h4-5,12,15H,2-3,6-7H2,1H3. The van der Waals surface area contributed by atoms with Crippen molar-refractivity contribution in [3.63, 3.8) is 0 Å². The molecule has 1 heterocycles. The van der Waals surface area contributed by atoms with Crippen molar-refractivity contribution in [3.8, 4) is 17.2 Å². The smallest absolute Gasteiger partial charge is 0.387 e. The van der Waals surface area contributed by atoms with Gasteiger partial charge in [-0.05, 0) is 6.07 Å². The SMILES string of the molecule is COCCNCc1cc2c(cc1OC(F)F)OCO2. The van der Waals surface area contributed by atoms with Gasteiger partial charge in [-0.25, -0.2) is 0 Å². The quantitative estimate of drug-likeness (QED) is 0.768. The van der Waals surface area contributed by atoms with Gasteiger partial charge in [0.05, 0.1) is 6.61 Å². The molecule has 1 aliphatic heterocycles. The van der Waals surface area contributed by atoms with Gasteiger partial charge in [0.15, 0.2) is 11.5 Å². The highest BCUT2D eigenvalue weighted by molar-refractivity contribution is 5.51. The molecule has 7 heteroatoms. The lowest BCUT2D eigenvalue weighted by Gasteiger charge is -2.12. The van der Waals surface area contributed by atoms with Gasteiger partial charge in [-0.2, -0.15) is 8.78 Å². The van der Waals surface area contributed by atoms with Gasteiger partial charge < -0.3 is 24.3 Å². The van der Waals surface area contributed by atoms with Crippen LogP contribution in [0.5, 0.6) is 17.2 Å². The van der Waals surface area contributed by atoms with E-state index in [0.717, 1.165) is 0 Å². The molecule has 0 spiro atoms. The first-order chi connectivity index (χ1) is 9.20. The van der Waals surface area contributed by atoms with E-state index in [1.807, 2.05) is 0 Å². The van der Waals surface area contributed by atoms with Gasteiger partial charge in [0.1, 0.15) is 5.75 Å². The summed E-state index contributed by atoms with van der Waals surface area (Å²) in [7, 11) is 1.59. The first-order valence-corrected chi connectivity index (χ1v) is 5.77. The molecule has 0 fully saturated rings. The average molecular weight is 275 g/mol. The molecule has 0 atom stereocenters. The van der Waals surface area contributed by atoms with Crippen molar-refractivity contribution in [1.82, 2.24) is 5.32 Å². The fraction of sp³-hybridized carbons (Fsp3) is 0.500. The van der Waals surface area contributed by atoms with Crippen LogP contribution in [0.25, 0.3) is 0 Å². The lowest BCUT2D eigenvalue weighted by molar-refractivity contribution is -0.0505. The predicted molar refractivity (Wildman–Crippen MR) is 62.8 cm³/mol. The molecule has 0 aliphatic carbocycles. The molecule has 106 valence electrons. The van der Waals surface area contributed by atoms with E-state index >= 15 is 0 Å². The number of fused-ring (bicyclic) bond motifs is 1. The maximum Gasteiger partial charge on any atom is 0.387 e. The minimum Gasteiger partial charge on any atom is -0.454 e. The van der Waals surface area contributed by atoms with Crippen LogP contribution in [0.3, 0.4) is 0 Å². The lowest BCUT2D eigenvalue weighted by atomic mass is 10.1. The highest BCUT2D eigenvalue weighted by Gasteiger charge is 2.19. The van der Waals surface area contributed by atoms with Gasteiger partial charge in [0.25, 0.3) is 0 Å². The third-order valence-electron chi connectivity index (χ3n) is 2.57. The molecule has 1 aromatic rings. The summed E-state index contributed by atoms with van der Waals surface area (Å²) in [6, 6.07) is 3.06. The number of alkyl halides is 2. The summed E-state index contributed by atoms with van der Waals surface area (Å²) < 4.78 is 44.4. The van der Waals surface area contributed by atoms with E-state index in [-0.39, 0.29) is 12.5 Å². The van der Waals surface area contributed by atoms with E-state index in [0.29, 0.717) is 36.8 Å². The van der Waals surface area contributed by atoms with Crippen LogP contribution in [0.2, 0.25) is 0 Å². The molecule has 0 unspecified atom stereocenters. The van der Waals surface area contributed by atoms with Crippen molar-refractivity contribution in [1.29, 1.82) is 0 Å². The van der Waals surface area contributed by atoms with E-state index in [1.54, 1.807) is 13.2 Å². The van der Waals surface area contributed by atoms with Gasteiger partial charge in [-0.1, -0.05) is 0 Å². The number of rotatable bonds is 7. The minimum absolute atomic E-state index is 0.0872. The number of ether oxygens (including phenoxy) is 4. The molecule has 1 N–H and O–H groups in total. The molecule has 1 aromatic carbocycles. The lowest BCUT2D eigenvalue weighted by Crippen LogP contribution is -2.19. The minimum atomic E-state index is -2.88. The second-order valence-electron chi connectivity index (χ2n) is 3.86. The Hall–Kier alpha value is -1.60. The fourth-order valence-corrected chi connectivity index (χ4v) is 1.71. The van der Waals surface area contributed by atoms with Crippen molar-refractivity contribution < 1.29 is 27.7 Å². The molecule has 0 saturated heterocycles. The van der Waals surface area contributed by atoms with E-state index in [2.05, 4.69) is 10.1 Å². The van der Waals surface area contributed by atoms with Gasteiger partial charge in [-0.3, -0.25) is 0 Å². The largest absolute Gasteiger partial charge is 0.454 e. The number of hydrogen-bond acceptors (Lipinski definition) is 5. The highest BCUT2D eigenvalue weighted by atomic mass is 19.3. The zero-order valence-electron chi connectivity index (χ0n) is 10.4. The van der Waals surface area contributed by atoms with Crippen molar-refractivity contribution in [2.45, 2.75) is 13.2 Å². The Bertz CT molecular complexity index is 428. The van der Waals surface area contributed by atoms with E-state index in [4.69, 9.17) is 14.2 Å². The normalized spacial score (nSPS) is 13.1. The first kappa shape index (κ1) is 13.8. The van der Waals surface area contributed by atoms with Crippen LogP contribution in [0.15, 0.2) is 12.1 Å². The Labute approximate surface area is 109 Å². The summed E-state index contributed by atoms with van der Waals surface area (Å²) in [4.78, 5) is 0. The molecule has 19 heavy (non-hydrogen) atoms. The maximum atomic E-state index is 12.4. The van der Waals surface area contributed by atoms with Crippen molar-refractivity contribution >= 4 is 0 Å². The summed E-state index contributed by atoms with van der Waals surface area (Å²) in [6.45, 7) is -1.26. The van der Waals surface area contributed by atoms with E-state index in [9.17, 15) is 8.78 Å². The zero-order chi connectivity index (χ0) is 13.7. The molecule has 0 aromatic heterocycles. The summed E-state index contributed by atoms with van der Waals surface area (Å²) in [6.07, 6.45) is 0. The van der Waals surface area contributed by atoms with Crippen molar-refractivity contribution in [2.24, 2.45) is 0 Å². The molecule has 0 saturated carbocycles. The number of halogens is 2. The number of hydrogen-bond donors (Lipinski definition) is 1. The summed E-state index contributed by atoms with van der Waals surface area (Å²) >= 11 is 0. The molecule has 0 bridgehead atoms. The predicted octanol–water partition coefficient (Wildman–Crippen LogP) is 1.75. The van der Waals surface area contributed by atoms with E-state index < -0.39 is 6.61 Å². The molecule has 0 amide bonds. The van der Waals surface area contributed by atoms with Crippen LogP contribution < -0.4 is 19.5 Å². The van der Waals surface area contributed by atoms with Crippen LogP contribution in [0.1, 0.15) is 5.56 Å². The number of benzene rings is 1. The van der Waals surface area contributed by atoms with Gasteiger partial charge in [0.2, 0.25) is 6.79 Å². The summed E-state index contributed by atoms with van der Waals surface area (Å²) in [5, 5.41) is 3.06. The fourth-order valence-electron chi connectivity index (χ4n) is 1.71. The van der Waals surface area contributed by atoms with Crippen molar-refractivity contribution in [3.05, 3.63) is 17.7 Å². The molecule has 5 nitrogen and oxygen atoms in total. The summed E-state index contributed by atoms with van der Waals surface area (Å²) in [5.74, 6) is 1.03. The van der Waals surface area contributed by atoms with E-state index in [1.165, 1.54) is 6.07 Å². The molecular formula is C12H15F2NO4.